The second-order valence-corrected chi connectivity index (χ2v) is 4.43. The zero-order chi connectivity index (χ0) is 14.4. The topological polar surface area (TPSA) is 57.8 Å². The fourth-order valence-corrected chi connectivity index (χ4v) is 1.80. The molecular formula is C14H15F2N3O. The summed E-state index contributed by atoms with van der Waals surface area (Å²) in [4.78, 5) is 18.4. The van der Waals surface area contributed by atoms with Gasteiger partial charge in [-0.25, -0.2) is 13.8 Å². The van der Waals surface area contributed by atoms with Crippen LogP contribution in [0.2, 0.25) is 0 Å². The van der Waals surface area contributed by atoms with E-state index in [9.17, 15) is 13.6 Å². The largest absolute Gasteiger partial charge is 0.356 e. The van der Waals surface area contributed by atoms with Crippen molar-refractivity contribution in [3.05, 3.63) is 53.6 Å². The van der Waals surface area contributed by atoms with Crippen molar-refractivity contribution in [2.24, 2.45) is 0 Å². The van der Waals surface area contributed by atoms with E-state index in [0.717, 1.165) is 17.8 Å². The lowest BCUT2D eigenvalue weighted by Gasteiger charge is -2.05. The Morgan fingerprint density at radius 3 is 2.80 bits per heavy atom. The van der Waals surface area contributed by atoms with E-state index in [0.29, 0.717) is 24.9 Å². The van der Waals surface area contributed by atoms with Crippen LogP contribution in [0.25, 0.3) is 0 Å². The summed E-state index contributed by atoms with van der Waals surface area (Å²) in [7, 11) is 0. The fraction of sp³-hybridized carbons (Fsp3) is 0.286. The Bertz CT molecular complexity index is 570. The summed E-state index contributed by atoms with van der Waals surface area (Å²) in [5.41, 5.74) is 1.55. The molecule has 0 saturated heterocycles. The van der Waals surface area contributed by atoms with E-state index in [1.165, 1.54) is 6.07 Å². The smallest absolute Gasteiger partial charge is 0.220 e. The number of nitrogens with one attached hydrogen (secondary N) is 2. The molecule has 4 nitrogen and oxygen atoms in total. The molecule has 0 aliphatic heterocycles. The van der Waals surface area contributed by atoms with E-state index >= 15 is 0 Å². The number of hydrogen-bond donors (Lipinski definition) is 2. The molecule has 0 aliphatic carbocycles. The molecule has 2 N–H and O–H groups in total. The van der Waals surface area contributed by atoms with Crippen LogP contribution in [0.5, 0.6) is 0 Å². The van der Waals surface area contributed by atoms with Crippen LogP contribution in [0, 0.1) is 11.6 Å². The summed E-state index contributed by atoms with van der Waals surface area (Å²) in [6, 6.07) is 3.67. The quantitative estimate of drug-likeness (QED) is 0.849. The Morgan fingerprint density at radius 1 is 1.25 bits per heavy atom. The van der Waals surface area contributed by atoms with Gasteiger partial charge in [0.05, 0.1) is 6.33 Å². The summed E-state index contributed by atoms with van der Waals surface area (Å²) in [5, 5.41) is 2.76. The number of hydrogen-bond acceptors (Lipinski definition) is 2. The number of rotatable bonds is 6. The molecule has 106 valence electrons. The molecule has 0 unspecified atom stereocenters. The van der Waals surface area contributed by atoms with Gasteiger partial charge in [-0.1, -0.05) is 6.07 Å². The second kappa shape index (κ2) is 6.79. The minimum absolute atomic E-state index is 0.116. The Balaban J connectivity index is 1.70. The van der Waals surface area contributed by atoms with E-state index in [1.807, 2.05) is 0 Å². The fourth-order valence-electron chi connectivity index (χ4n) is 1.80. The average Bonchev–Trinajstić information content (AvgIpc) is 2.93. The second-order valence-electron chi connectivity index (χ2n) is 4.43. The first-order valence-corrected chi connectivity index (χ1v) is 6.33. The molecule has 2 aromatic rings. The van der Waals surface area contributed by atoms with E-state index in [1.54, 1.807) is 12.5 Å². The van der Waals surface area contributed by atoms with Gasteiger partial charge in [0.1, 0.15) is 0 Å². The molecule has 0 radical (unpaired) electrons. The molecular weight excluding hydrogens is 264 g/mol. The molecule has 0 atom stereocenters. The third-order valence-electron chi connectivity index (χ3n) is 2.90. The lowest BCUT2D eigenvalue weighted by Crippen LogP contribution is -2.25. The maximum Gasteiger partial charge on any atom is 0.220 e. The van der Waals surface area contributed by atoms with Crippen LogP contribution in [-0.2, 0) is 17.6 Å². The van der Waals surface area contributed by atoms with Gasteiger partial charge >= 0.3 is 0 Å². The van der Waals surface area contributed by atoms with Crippen LogP contribution < -0.4 is 5.32 Å². The molecule has 0 saturated carbocycles. The third-order valence-corrected chi connectivity index (χ3v) is 2.90. The van der Waals surface area contributed by atoms with Crippen molar-refractivity contribution in [1.29, 1.82) is 0 Å². The van der Waals surface area contributed by atoms with Crippen molar-refractivity contribution in [3.8, 4) is 0 Å². The van der Waals surface area contributed by atoms with E-state index in [2.05, 4.69) is 15.3 Å². The first kappa shape index (κ1) is 14.2. The Kier molecular flexibility index (Phi) is 4.81. The van der Waals surface area contributed by atoms with Crippen molar-refractivity contribution in [3.63, 3.8) is 0 Å². The normalized spacial score (nSPS) is 10.5. The van der Waals surface area contributed by atoms with Crippen molar-refractivity contribution < 1.29 is 13.6 Å². The van der Waals surface area contributed by atoms with Crippen LogP contribution in [-0.4, -0.2) is 22.4 Å². The molecule has 1 amide bonds. The zero-order valence-electron chi connectivity index (χ0n) is 10.8. The highest BCUT2D eigenvalue weighted by molar-refractivity contribution is 5.76. The predicted octanol–water partition coefficient (Wildman–Crippen LogP) is 1.98. The van der Waals surface area contributed by atoms with Gasteiger partial charge in [0, 0.05) is 31.3 Å². The first-order valence-electron chi connectivity index (χ1n) is 6.33. The SMILES string of the molecule is O=C(CCc1ccc(F)c(F)c1)NCCc1cnc[nH]1. The van der Waals surface area contributed by atoms with E-state index < -0.39 is 11.6 Å². The van der Waals surface area contributed by atoms with Gasteiger partial charge in [-0.3, -0.25) is 4.79 Å². The van der Waals surface area contributed by atoms with E-state index in [-0.39, 0.29) is 12.3 Å². The van der Waals surface area contributed by atoms with Gasteiger partial charge in [0.25, 0.3) is 0 Å². The lowest BCUT2D eigenvalue weighted by atomic mass is 10.1. The van der Waals surface area contributed by atoms with Crippen molar-refractivity contribution in [2.45, 2.75) is 19.3 Å². The lowest BCUT2D eigenvalue weighted by molar-refractivity contribution is -0.121. The highest BCUT2D eigenvalue weighted by Gasteiger charge is 2.05. The molecule has 0 spiro atoms. The number of aryl methyl sites for hydroxylation is 1. The summed E-state index contributed by atoms with van der Waals surface area (Å²) < 4.78 is 25.7. The number of imidazole rings is 1. The summed E-state index contributed by atoms with van der Waals surface area (Å²) in [6.07, 6.45) is 4.59. The monoisotopic (exact) mass is 279 g/mol. The van der Waals surface area contributed by atoms with Crippen LogP contribution in [0.15, 0.2) is 30.7 Å². The number of aromatic amines is 1. The minimum atomic E-state index is -0.887. The number of amides is 1. The van der Waals surface area contributed by atoms with Gasteiger partial charge in [-0.15, -0.1) is 0 Å². The molecule has 1 heterocycles. The van der Waals surface area contributed by atoms with Gasteiger partial charge in [0.15, 0.2) is 11.6 Å². The molecule has 0 bridgehead atoms. The Hall–Kier alpha value is -2.24. The first-order chi connectivity index (χ1) is 9.65. The van der Waals surface area contributed by atoms with Crippen LogP contribution in [0.4, 0.5) is 8.78 Å². The number of benzene rings is 1. The van der Waals surface area contributed by atoms with E-state index in [4.69, 9.17) is 0 Å². The minimum Gasteiger partial charge on any atom is -0.356 e. The number of H-pyrrole nitrogens is 1. The molecule has 0 aliphatic rings. The zero-order valence-corrected chi connectivity index (χ0v) is 10.8. The maximum absolute atomic E-state index is 13.0. The van der Waals surface area contributed by atoms with Crippen molar-refractivity contribution in [2.75, 3.05) is 6.54 Å². The van der Waals surface area contributed by atoms with Gasteiger partial charge in [-0.05, 0) is 24.1 Å². The molecule has 6 heteroatoms. The van der Waals surface area contributed by atoms with Gasteiger partial charge < -0.3 is 10.3 Å². The molecule has 0 fully saturated rings. The number of halogens is 2. The number of carbonyl (C=O) groups excluding carboxylic acids is 1. The summed E-state index contributed by atoms with van der Waals surface area (Å²) >= 11 is 0. The standard InChI is InChI=1S/C14H15F2N3O/c15-12-3-1-10(7-13(12)16)2-4-14(20)18-6-5-11-8-17-9-19-11/h1,3,7-9H,2,4-6H2,(H,17,19)(H,18,20). The number of carbonyl (C=O) groups is 1. The maximum atomic E-state index is 13.0. The van der Waals surface area contributed by atoms with Crippen molar-refractivity contribution >= 4 is 5.91 Å². The molecule has 1 aromatic carbocycles. The Morgan fingerprint density at radius 2 is 2.10 bits per heavy atom. The van der Waals surface area contributed by atoms with Gasteiger partial charge in [-0.2, -0.15) is 0 Å². The number of aromatic nitrogens is 2. The van der Waals surface area contributed by atoms with Crippen LogP contribution in [0.3, 0.4) is 0 Å². The van der Waals surface area contributed by atoms with Crippen LogP contribution >= 0.6 is 0 Å². The molecule has 2 rings (SSSR count). The summed E-state index contributed by atoms with van der Waals surface area (Å²) in [6.45, 7) is 0.513. The van der Waals surface area contributed by atoms with Crippen molar-refractivity contribution in [1.82, 2.24) is 15.3 Å². The highest BCUT2D eigenvalue weighted by Crippen LogP contribution is 2.10. The predicted molar refractivity (Wildman–Crippen MR) is 70.0 cm³/mol. The van der Waals surface area contributed by atoms with Crippen LogP contribution in [0.1, 0.15) is 17.7 Å². The van der Waals surface area contributed by atoms with Gasteiger partial charge in [0.2, 0.25) is 5.91 Å². The highest BCUT2D eigenvalue weighted by atomic mass is 19.2. The Labute approximate surface area is 115 Å². The third kappa shape index (κ3) is 4.15. The molecule has 1 aromatic heterocycles. The molecule has 20 heavy (non-hydrogen) atoms. The average molecular weight is 279 g/mol. The summed E-state index contributed by atoms with van der Waals surface area (Å²) in [5.74, 6) is -1.88. The number of nitrogens with zero attached hydrogens (tertiary/aromatic N) is 1.